The van der Waals surface area contributed by atoms with Crippen LogP contribution in [0.25, 0.3) is 0 Å². The first-order valence-corrected chi connectivity index (χ1v) is 8.64. The van der Waals surface area contributed by atoms with Gasteiger partial charge in [-0.2, -0.15) is 0 Å². The largest absolute Gasteiger partial charge is 0.366 e. The third kappa shape index (κ3) is 4.70. The first kappa shape index (κ1) is 17.2. The third-order valence-corrected chi connectivity index (χ3v) is 4.29. The SMILES string of the molecule is Cc1nc(NCc2ccccc2Cl)cc(NC(C)c2ccccc2)n1. The second kappa shape index (κ2) is 7.99. The van der Waals surface area contributed by atoms with Gasteiger partial charge < -0.3 is 10.6 Å². The molecule has 0 bridgehead atoms. The van der Waals surface area contributed by atoms with E-state index in [1.54, 1.807) is 0 Å². The Kier molecular flexibility index (Phi) is 5.51. The van der Waals surface area contributed by atoms with Gasteiger partial charge in [-0.15, -0.1) is 0 Å². The van der Waals surface area contributed by atoms with Gasteiger partial charge in [-0.25, -0.2) is 9.97 Å². The van der Waals surface area contributed by atoms with Crippen molar-refractivity contribution in [3.05, 3.63) is 82.6 Å². The number of anilines is 2. The van der Waals surface area contributed by atoms with Crippen LogP contribution in [0.5, 0.6) is 0 Å². The molecular formula is C20H21ClN4. The normalized spacial score (nSPS) is 11.8. The molecule has 1 atom stereocenters. The van der Waals surface area contributed by atoms with Gasteiger partial charge in [-0.3, -0.25) is 0 Å². The van der Waals surface area contributed by atoms with E-state index in [0.29, 0.717) is 12.4 Å². The zero-order valence-corrected chi connectivity index (χ0v) is 15.1. The van der Waals surface area contributed by atoms with Crippen LogP contribution in [0.1, 0.15) is 29.9 Å². The Morgan fingerprint density at radius 3 is 2.40 bits per heavy atom. The molecule has 1 heterocycles. The van der Waals surface area contributed by atoms with Crippen LogP contribution in [0.15, 0.2) is 60.7 Å². The highest BCUT2D eigenvalue weighted by Gasteiger charge is 2.08. The van der Waals surface area contributed by atoms with E-state index in [4.69, 9.17) is 11.6 Å². The summed E-state index contributed by atoms with van der Waals surface area (Å²) in [4.78, 5) is 8.94. The predicted molar refractivity (Wildman–Crippen MR) is 104 cm³/mol. The summed E-state index contributed by atoms with van der Waals surface area (Å²) in [5.41, 5.74) is 2.25. The van der Waals surface area contributed by atoms with Crippen molar-refractivity contribution in [2.75, 3.05) is 10.6 Å². The molecule has 128 valence electrons. The lowest BCUT2D eigenvalue weighted by Gasteiger charge is -2.16. The minimum Gasteiger partial charge on any atom is -0.366 e. The van der Waals surface area contributed by atoms with Gasteiger partial charge in [0.15, 0.2) is 0 Å². The molecule has 0 aliphatic heterocycles. The monoisotopic (exact) mass is 352 g/mol. The number of hydrogen-bond donors (Lipinski definition) is 2. The number of nitrogens with zero attached hydrogens (tertiary/aromatic N) is 2. The Morgan fingerprint density at radius 1 is 0.960 bits per heavy atom. The highest BCUT2D eigenvalue weighted by Crippen LogP contribution is 2.21. The molecule has 0 radical (unpaired) electrons. The number of nitrogens with one attached hydrogen (secondary N) is 2. The number of aryl methyl sites for hydroxylation is 1. The molecule has 0 saturated carbocycles. The van der Waals surface area contributed by atoms with Crippen molar-refractivity contribution < 1.29 is 0 Å². The Bertz CT molecular complexity index is 836. The molecule has 0 amide bonds. The standard InChI is InChI=1S/C20H21ClN4/c1-14(16-8-4-3-5-9-16)23-20-12-19(24-15(2)25-20)22-13-17-10-6-7-11-18(17)21/h3-12,14H,13H2,1-2H3,(H2,22,23,24,25). The Hall–Kier alpha value is -2.59. The van der Waals surface area contributed by atoms with Gasteiger partial charge in [0.2, 0.25) is 0 Å². The summed E-state index contributed by atoms with van der Waals surface area (Å²) in [6.45, 7) is 4.62. The maximum Gasteiger partial charge on any atom is 0.132 e. The molecule has 0 aliphatic carbocycles. The van der Waals surface area contributed by atoms with Crippen LogP contribution in [0.3, 0.4) is 0 Å². The molecule has 25 heavy (non-hydrogen) atoms. The average molecular weight is 353 g/mol. The lowest BCUT2D eigenvalue weighted by atomic mass is 10.1. The minimum atomic E-state index is 0.159. The van der Waals surface area contributed by atoms with E-state index in [-0.39, 0.29) is 6.04 Å². The van der Waals surface area contributed by atoms with E-state index < -0.39 is 0 Å². The minimum absolute atomic E-state index is 0.159. The summed E-state index contributed by atoms with van der Waals surface area (Å²) in [5.74, 6) is 2.28. The quantitative estimate of drug-likeness (QED) is 0.638. The van der Waals surface area contributed by atoms with Crippen LogP contribution in [0, 0.1) is 6.92 Å². The summed E-state index contributed by atoms with van der Waals surface area (Å²) in [7, 11) is 0. The topological polar surface area (TPSA) is 49.8 Å². The summed E-state index contributed by atoms with van der Waals surface area (Å²) in [6, 6.07) is 20.2. The van der Waals surface area contributed by atoms with Crippen molar-refractivity contribution in [2.24, 2.45) is 0 Å². The lowest BCUT2D eigenvalue weighted by molar-refractivity contribution is 0.866. The highest BCUT2D eigenvalue weighted by atomic mass is 35.5. The molecule has 2 aromatic carbocycles. The van der Waals surface area contributed by atoms with Crippen LogP contribution in [0.2, 0.25) is 5.02 Å². The molecule has 1 aromatic heterocycles. The fourth-order valence-electron chi connectivity index (χ4n) is 2.61. The molecule has 5 heteroatoms. The molecule has 4 nitrogen and oxygen atoms in total. The molecule has 1 unspecified atom stereocenters. The van der Waals surface area contributed by atoms with E-state index in [1.165, 1.54) is 5.56 Å². The molecule has 2 N–H and O–H groups in total. The van der Waals surface area contributed by atoms with Crippen LogP contribution < -0.4 is 10.6 Å². The summed E-state index contributed by atoms with van der Waals surface area (Å²) >= 11 is 6.20. The zero-order chi connectivity index (χ0) is 17.6. The fraction of sp³-hybridized carbons (Fsp3) is 0.200. The number of aromatic nitrogens is 2. The van der Waals surface area contributed by atoms with Gasteiger partial charge in [-0.1, -0.05) is 60.1 Å². The van der Waals surface area contributed by atoms with Crippen molar-refractivity contribution >= 4 is 23.2 Å². The molecule has 0 spiro atoms. The molecular weight excluding hydrogens is 332 g/mol. The number of rotatable bonds is 6. The van der Waals surface area contributed by atoms with Crippen molar-refractivity contribution in [1.29, 1.82) is 0 Å². The lowest BCUT2D eigenvalue weighted by Crippen LogP contribution is -2.10. The van der Waals surface area contributed by atoms with E-state index in [2.05, 4.69) is 39.7 Å². The zero-order valence-electron chi connectivity index (χ0n) is 14.3. The van der Waals surface area contributed by atoms with E-state index in [9.17, 15) is 0 Å². The first-order valence-electron chi connectivity index (χ1n) is 8.26. The van der Waals surface area contributed by atoms with Gasteiger partial charge >= 0.3 is 0 Å². The van der Waals surface area contributed by atoms with Gasteiger partial charge in [0, 0.05) is 23.7 Å². The van der Waals surface area contributed by atoms with Gasteiger partial charge in [0.25, 0.3) is 0 Å². The second-order valence-corrected chi connectivity index (χ2v) is 6.31. The van der Waals surface area contributed by atoms with Crippen LogP contribution in [0.4, 0.5) is 11.6 Å². The maximum absolute atomic E-state index is 6.20. The molecule has 3 rings (SSSR count). The predicted octanol–water partition coefficient (Wildman–Crippen LogP) is 5.22. The number of benzene rings is 2. The number of hydrogen-bond acceptors (Lipinski definition) is 4. The van der Waals surface area contributed by atoms with E-state index >= 15 is 0 Å². The van der Waals surface area contributed by atoms with Crippen LogP contribution >= 0.6 is 11.6 Å². The van der Waals surface area contributed by atoms with Crippen molar-refractivity contribution in [1.82, 2.24) is 9.97 Å². The second-order valence-electron chi connectivity index (χ2n) is 5.91. The van der Waals surface area contributed by atoms with Gasteiger partial charge in [0.1, 0.15) is 17.5 Å². The number of halogens is 1. The molecule has 0 saturated heterocycles. The summed E-state index contributed by atoms with van der Waals surface area (Å²) in [5, 5.41) is 7.50. The Labute approximate surface area is 153 Å². The van der Waals surface area contributed by atoms with E-state index in [1.807, 2.05) is 55.5 Å². The Balaban J connectivity index is 1.71. The summed E-state index contributed by atoms with van der Waals surface area (Å²) in [6.07, 6.45) is 0. The van der Waals surface area contributed by atoms with Gasteiger partial charge in [-0.05, 0) is 31.0 Å². The van der Waals surface area contributed by atoms with Crippen LogP contribution in [-0.4, -0.2) is 9.97 Å². The summed E-state index contributed by atoms with van der Waals surface area (Å²) < 4.78 is 0. The van der Waals surface area contributed by atoms with Gasteiger partial charge in [0.05, 0.1) is 0 Å². The molecule has 0 aliphatic rings. The third-order valence-electron chi connectivity index (χ3n) is 3.92. The highest BCUT2D eigenvalue weighted by molar-refractivity contribution is 6.31. The first-order chi connectivity index (χ1) is 12.1. The Morgan fingerprint density at radius 2 is 1.64 bits per heavy atom. The molecule has 0 fully saturated rings. The maximum atomic E-state index is 6.20. The molecule has 3 aromatic rings. The smallest absolute Gasteiger partial charge is 0.132 e. The van der Waals surface area contributed by atoms with E-state index in [0.717, 1.165) is 22.2 Å². The van der Waals surface area contributed by atoms with Crippen molar-refractivity contribution in [2.45, 2.75) is 26.4 Å². The van der Waals surface area contributed by atoms with Crippen LogP contribution in [-0.2, 0) is 6.54 Å². The average Bonchev–Trinajstić information content (AvgIpc) is 2.61. The van der Waals surface area contributed by atoms with Crippen molar-refractivity contribution in [3.63, 3.8) is 0 Å². The van der Waals surface area contributed by atoms with Crippen molar-refractivity contribution in [3.8, 4) is 0 Å². The fourth-order valence-corrected chi connectivity index (χ4v) is 2.81.